The number of esters is 1. The van der Waals surface area contributed by atoms with Crippen LogP contribution in [0.25, 0.3) is 0 Å². The largest absolute Gasteiger partial charge is 0.464 e. The van der Waals surface area contributed by atoms with Crippen LogP contribution in [0, 0.1) is 25.7 Å². The van der Waals surface area contributed by atoms with Crippen molar-refractivity contribution in [2.45, 2.75) is 38.8 Å². The number of methoxy groups -OCH3 is 1. The predicted molar refractivity (Wildman–Crippen MR) is 105 cm³/mol. The van der Waals surface area contributed by atoms with E-state index in [0.29, 0.717) is 43.0 Å². The van der Waals surface area contributed by atoms with E-state index in [-0.39, 0.29) is 23.4 Å². The second-order valence-electron chi connectivity index (χ2n) is 8.25. The van der Waals surface area contributed by atoms with Gasteiger partial charge in [-0.3, -0.25) is 0 Å². The molecule has 2 aliphatic rings. The summed E-state index contributed by atoms with van der Waals surface area (Å²) in [5.41, 5.74) is 1.55. The summed E-state index contributed by atoms with van der Waals surface area (Å²) < 4.78 is 45.1. The maximum Gasteiger partial charge on any atom is 0.416 e. The Labute approximate surface area is 173 Å². The van der Waals surface area contributed by atoms with Gasteiger partial charge >= 0.3 is 12.1 Å². The summed E-state index contributed by atoms with van der Waals surface area (Å²) in [6.45, 7) is 4.97. The first-order valence-corrected chi connectivity index (χ1v) is 10.0. The van der Waals surface area contributed by atoms with Crippen LogP contribution in [0.2, 0.25) is 0 Å². The number of carbonyl (C=O) groups excluding carboxylic acids is 1. The number of nitrogens with zero attached hydrogens (tertiary/aromatic N) is 3. The van der Waals surface area contributed by atoms with Gasteiger partial charge in [0.1, 0.15) is 0 Å². The number of halogens is 3. The molecule has 3 atom stereocenters. The van der Waals surface area contributed by atoms with Crippen LogP contribution in [0.3, 0.4) is 0 Å². The van der Waals surface area contributed by atoms with Crippen LogP contribution in [-0.4, -0.2) is 36.1 Å². The summed E-state index contributed by atoms with van der Waals surface area (Å²) in [7, 11) is 1.32. The number of hydrogen-bond donors (Lipinski definition) is 0. The zero-order chi connectivity index (χ0) is 21.6. The smallest absolute Gasteiger partial charge is 0.416 e. The highest BCUT2D eigenvalue weighted by molar-refractivity contribution is 5.89. The lowest BCUT2D eigenvalue weighted by molar-refractivity contribution is -0.138. The van der Waals surface area contributed by atoms with E-state index in [2.05, 4.69) is 9.97 Å². The average molecular weight is 419 g/mol. The van der Waals surface area contributed by atoms with Crippen molar-refractivity contribution in [3.05, 3.63) is 52.3 Å². The summed E-state index contributed by atoms with van der Waals surface area (Å²) in [6.07, 6.45) is -2.91. The topological polar surface area (TPSA) is 55.3 Å². The number of fused-ring (bicyclic) bond motifs is 1. The van der Waals surface area contributed by atoms with Crippen LogP contribution in [0.15, 0.2) is 24.3 Å². The number of aromatic nitrogens is 2. The summed E-state index contributed by atoms with van der Waals surface area (Å²) in [4.78, 5) is 23.1. The van der Waals surface area contributed by atoms with Gasteiger partial charge in [0.05, 0.1) is 12.7 Å². The van der Waals surface area contributed by atoms with Crippen molar-refractivity contribution < 1.29 is 22.7 Å². The molecule has 0 N–H and O–H groups in total. The first kappa shape index (κ1) is 20.6. The molecule has 0 unspecified atom stereocenters. The van der Waals surface area contributed by atoms with Gasteiger partial charge in [-0.15, -0.1) is 0 Å². The molecule has 0 amide bonds. The fraction of sp³-hybridized carbons (Fsp3) is 0.500. The molecule has 1 aliphatic heterocycles. The number of anilines is 1. The molecule has 0 bridgehead atoms. The molecule has 8 heteroatoms. The maximum absolute atomic E-state index is 13.4. The first-order valence-electron chi connectivity index (χ1n) is 10.0. The lowest BCUT2D eigenvalue weighted by Crippen LogP contribution is -2.26. The van der Waals surface area contributed by atoms with Gasteiger partial charge in [0.2, 0.25) is 5.95 Å². The highest BCUT2D eigenvalue weighted by atomic mass is 19.4. The third-order valence-electron chi connectivity index (χ3n) is 6.50. The molecule has 1 aliphatic carbocycles. The van der Waals surface area contributed by atoms with Gasteiger partial charge in [-0.25, -0.2) is 14.8 Å². The van der Waals surface area contributed by atoms with Crippen LogP contribution in [-0.2, 0) is 10.9 Å². The van der Waals surface area contributed by atoms with Crippen LogP contribution in [0.5, 0.6) is 0 Å². The number of benzene rings is 1. The number of carbonyl (C=O) groups is 1. The molecular weight excluding hydrogens is 395 g/mol. The van der Waals surface area contributed by atoms with Crippen LogP contribution in [0.4, 0.5) is 19.1 Å². The molecule has 0 radical (unpaired) electrons. The van der Waals surface area contributed by atoms with E-state index in [1.165, 1.54) is 19.2 Å². The molecule has 1 aromatic carbocycles. The summed E-state index contributed by atoms with van der Waals surface area (Å²) in [5, 5.41) is 0. The third kappa shape index (κ3) is 3.63. The molecule has 1 saturated carbocycles. The average Bonchev–Trinajstić information content (AvgIpc) is 3.28. The van der Waals surface area contributed by atoms with Crippen LogP contribution in [0.1, 0.15) is 51.6 Å². The fourth-order valence-corrected chi connectivity index (χ4v) is 4.88. The number of ether oxygens (including phenoxy) is 1. The quantitative estimate of drug-likeness (QED) is 0.685. The lowest BCUT2D eigenvalue weighted by Gasteiger charge is -2.22. The van der Waals surface area contributed by atoms with Crippen molar-refractivity contribution >= 4 is 11.9 Å². The Bertz CT molecular complexity index is 963. The van der Waals surface area contributed by atoms with E-state index in [1.807, 2.05) is 11.8 Å². The Kier molecular flexibility index (Phi) is 5.20. The molecule has 2 fully saturated rings. The number of aryl methyl sites for hydroxylation is 1. The Morgan fingerprint density at radius 2 is 1.73 bits per heavy atom. The van der Waals surface area contributed by atoms with Gasteiger partial charge in [0, 0.05) is 24.3 Å². The summed E-state index contributed by atoms with van der Waals surface area (Å²) in [6, 6.07) is 5.91. The highest BCUT2D eigenvalue weighted by Crippen LogP contribution is 2.49. The molecule has 0 spiro atoms. The van der Waals surface area contributed by atoms with Gasteiger partial charge in [0.15, 0.2) is 5.69 Å². The van der Waals surface area contributed by atoms with E-state index in [4.69, 9.17) is 4.74 Å². The van der Waals surface area contributed by atoms with Crippen LogP contribution >= 0.6 is 0 Å². The summed E-state index contributed by atoms with van der Waals surface area (Å²) in [5.74, 6) is 0.458. The molecule has 30 heavy (non-hydrogen) atoms. The second-order valence-corrected chi connectivity index (χ2v) is 8.25. The van der Waals surface area contributed by atoms with E-state index in [0.717, 1.165) is 5.69 Å². The minimum absolute atomic E-state index is 0.0914. The normalized spacial score (nSPS) is 23.5. The lowest BCUT2D eigenvalue weighted by atomic mass is 9.91. The standard InChI is InChI=1S/C22H24F3N3O2/c1-12-13(2)26-21(27-19(12)20(29)30-3)28-10-15-8-14(9-16(15)11-28)17-6-4-5-7-18(17)22(23,24)25/h4-7,14-16H,8-11H2,1-3H3/t14-,15-,16+. The van der Waals surface area contributed by atoms with Gasteiger partial charge in [0.25, 0.3) is 0 Å². The molecule has 4 rings (SSSR count). The van der Waals surface area contributed by atoms with Gasteiger partial charge in [-0.2, -0.15) is 13.2 Å². The minimum atomic E-state index is -4.34. The Balaban J connectivity index is 1.53. The van der Waals surface area contributed by atoms with Crippen molar-refractivity contribution in [2.24, 2.45) is 11.8 Å². The molecular formula is C22H24F3N3O2. The first-order chi connectivity index (χ1) is 14.2. The Morgan fingerprint density at radius 1 is 1.10 bits per heavy atom. The second kappa shape index (κ2) is 7.56. The predicted octanol–water partition coefficient (Wildman–Crippen LogP) is 4.53. The zero-order valence-electron chi connectivity index (χ0n) is 17.2. The Morgan fingerprint density at radius 3 is 2.33 bits per heavy atom. The van der Waals surface area contributed by atoms with Gasteiger partial charge in [-0.05, 0) is 56.1 Å². The van der Waals surface area contributed by atoms with Gasteiger partial charge in [-0.1, -0.05) is 18.2 Å². The van der Waals surface area contributed by atoms with E-state index < -0.39 is 17.7 Å². The molecule has 1 aromatic heterocycles. The van der Waals surface area contributed by atoms with Gasteiger partial charge < -0.3 is 9.64 Å². The van der Waals surface area contributed by atoms with E-state index in [1.54, 1.807) is 19.1 Å². The summed E-state index contributed by atoms with van der Waals surface area (Å²) >= 11 is 0. The zero-order valence-corrected chi connectivity index (χ0v) is 17.2. The Hall–Kier alpha value is -2.64. The van der Waals surface area contributed by atoms with Crippen molar-refractivity contribution in [3.8, 4) is 0 Å². The molecule has 2 heterocycles. The maximum atomic E-state index is 13.4. The van der Waals surface area contributed by atoms with E-state index in [9.17, 15) is 18.0 Å². The van der Waals surface area contributed by atoms with Crippen molar-refractivity contribution in [1.29, 1.82) is 0 Å². The van der Waals surface area contributed by atoms with Crippen molar-refractivity contribution in [2.75, 3.05) is 25.1 Å². The van der Waals surface area contributed by atoms with Crippen molar-refractivity contribution in [1.82, 2.24) is 9.97 Å². The number of rotatable bonds is 3. The molecule has 5 nitrogen and oxygen atoms in total. The third-order valence-corrected chi connectivity index (χ3v) is 6.50. The number of hydrogen-bond acceptors (Lipinski definition) is 5. The highest BCUT2D eigenvalue weighted by Gasteiger charge is 2.44. The number of alkyl halides is 3. The van der Waals surface area contributed by atoms with Crippen LogP contribution < -0.4 is 4.90 Å². The molecule has 160 valence electrons. The SMILES string of the molecule is COC(=O)c1nc(N2C[C@H]3C[C@@H](c4ccccc4C(F)(F)F)C[C@H]3C2)nc(C)c1C. The minimum Gasteiger partial charge on any atom is -0.464 e. The van der Waals surface area contributed by atoms with E-state index >= 15 is 0 Å². The molecule has 2 aromatic rings. The van der Waals surface area contributed by atoms with Crippen molar-refractivity contribution in [3.63, 3.8) is 0 Å². The fourth-order valence-electron chi connectivity index (χ4n) is 4.88. The monoisotopic (exact) mass is 419 g/mol. The molecule has 1 saturated heterocycles.